The summed E-state index contributed by atoms with van der Waals surface area (Å²) in [6.45, 7) is 12.3. The molecule has 5 aromatic rings. The number of aromatic carboxylic acids is 1. The molecule has 0 saturated heterocycles. The fraction of sp³-hybridized carbons (Fsp3) is 0.225. The lowest BCUT2D eigenvalue weighted by molar-refractivity contribution is 0.0693. The van der Waals surface area contributed by atoms with Gasteiger partial charge in [0.15, 0.2) is 23.0 Å². The second-order valence-corrected chi connectivity index (χ2v) is 13.1. The Balaban J connectivity index is 1.73. The lowest BCUT2D eigenvalue weighted by Crippen LogP contribution is -2.23. The van der Waals surface area contributed by atoms with E-state index >= 15 is 0 Å². The molecule has 0 unspecified atom stereocenters. The van der Waals surface area contributed by atoms with Gasteiger partial charge in [0.2, 0.25) is 0 Å². The third-order valence-electron chi connectivity index (χ3n) is 9.20. The van der Waals surface area contributed by atoms with E-state index in [2.05, 4.69) is 26.0 Å². The summed E-state index contributed by atoms with van der Waals surface area (Å²) >= 11 is 0. The number of phenols is 2. The molecule has 0 radical (unpaired) electrons. The van der Waals surface area contributed by atoms with Crippen LogP contribution < -0.4 is 4.74 Å². The van der Waals surface area contributed by atoms with Crippen LogP contribution in [0.5, 0.6) is 23.0 Å². The van der Waals surface area contributed by atoms with Crippen LogP contribution in [0.25, 0.3) is 0 Å². The summed E-state index contributed by atoms with van der Waals surface area (Å²) in [6.07, 6.45) is 0. The standard InChI is InChI=1S/C40H40O5/c1-38(2,26-16-10-7-11-17-26)29-22-31(37(43)44)35(41)33(24-29)45-34-25-30(39(3,4)27-18-12-8-13-19-27)23-32(36(34)42)40(5,6)28-20-14-9-15-21-28/h7-25,41-42H,1-6H3,(H,43,44). The van der Waals surface area contributed by atoms with Crippen LogP contribution >= 0.6 is 0 Å². The van der Waals surface area contributed by atoms with Crippen molar-refractivity contribution in [2.24, 2.45) is 0 Å². The molecule has 0 aliphatic carbocycles. The molecule has 5 heteroatoms. The zero-order valence-electron chi connectivity index (χ0n) is 26.6. The smallest absolute Gasteiger partial charge is 0.339 e. The number of hydrogen-bond acceptors (Lipinski definition) is 4. The van der Waals surface area contributed by atoms with Gasteiger partial charge in [-0.2, -0.15) is 0 Å². The Labute approximate surface area is 265 Å². The lowest BCUT2D eigenvalue weighted by atomic mass is 9.73. The maximum Gasteiger partial charge on any atom is 0.339 e. The number of carbonyl (C=O) groups is 1. The fourth-order valence-electron chi connectivity index (χ4n) is 5.90. The molecule has 5 nitrogen and oxygen atoms in total. The van der Waals surface area contributed by atoms with Crippen LogP contribution in [0.15, 0.2) is 115 Å². The number of benzene rings is 5. The molecular formula is C40H40O5. The van der Waals surface area contributed by atoms with E-state index in [0.717, 1.165) is 22.3 Å². The predicted molar refractivity (Wildman–Crippen MR) is 179 cm³/mol. The molecule has 5 aromatic carbocycles. The van der Waals surface area contributed by atoms with Crippen molar-refractivity contribution < 1.29 is 24.9 Å². The summed E-state index contributed by atoms with van der Waals surface area (Å²) < 4.78 is 6.38. The van der Waals surface area contributed by atoms with E-state index in [1.807, 2.05) is 113 Å². The summed E-state index contributed by atoms with van der Waals surface area (Å²) in [5, 5.41) is 33.1. The van der Waals surface area contributed by atoms with Crippen molar-refractivity contribution in [1.29, 1.82) is 0 Å². The topological polar surface area (TPSA) is 87.0 Å². The molecule has 0 heterocycles. The first-order chi connectivity index (χ1) is 21.2. The molecule has 45 heavy (non-hydrogen) atoms. The quantitative estimate of drug-likeness (QED) is 0.157. The first-order valence-corrected chi connectivity index (χ1v) is 15.1. The van der Waals surface area contributed by atoms with Gasteiger partial charge in [0.25, 0.3) is 0 Å². The van der Waals surface area contributed by atoms with E-state index in [9.17, 15) is 20.1 Å². The van der Waals surface area contributed by atoms with Gasteiger partial charge in [0, 0.05) is 21.8 Å². The Kier molecular flexibility index (Phi) is 8.24. The van der Waals surface area contributed by atoms with Crippen molar-refractivity contribution in [1.82, 2.24) is 0 Å². The highest BCUT2D eigenvalue weighted by atomic mass is 16.5. The lowest BCUT2D eigenvalue weighted by Gasteiger charge is -2.32. The first-order valence-electron chi connectivity index (χ1n) is 15.1. The highest BCUT2D eigenvalue weighted by Gasteiger charge is 2.34. The minimum absolute atomic E-state index is 0.0534. The minimum atomic E-state index is -1.28. The van der Waals surface area contributed by atoms with Crippen LogP contribution in [-0.2, 0) is 16.2 Å². The molecule has 0 aromatic heterocycles. The van der Waals surface area contributed by atoms with Crippen molar-refractivity contribution in [2.75, 3.05) is 0 Å². The Hall–Kier alpha value is -5.03. The zero-order valence-corrected chi connectivity index (χ0v) is 26.6. The van der Waals surface area contributed by atoms with E-state index < -0.39 is 28.0 Å². The molecule has 5 rings (SSSR count). The van der Waals surface area contributed by atoms with Gasteiger partial charge in [0.1, 0.15) is 5.56 Å². The maximum absolute atomic E-state index is 12.3. The van der Waals surface area contributed by atoms with Crippen molar-refractivity contribution in [2.45, 2.75) is 57.8 Å². The molecule has 0 aliphatic rings. The number of ether oxygens (including phenoxy) is 1. The predicted octanol–water partition coefficient (Wildman–Crippen LogP) is 9.57. The fourth-order valence-corrected chi connectivity index (χ4v) is 5.90. The van der Waals surface area contributed by atoms with Gasteiger partial charge in [-0.05, 0) is 46.0 Å². The van der Waals surface area contributed by atoms with Gasteiger partial charge in [-0.25, -0.2) is 4.79 Å². The minimum Gasteiger partial charge on any atom is -0.504 e. The molecular weight excluding hydrogens is 560 g/mol. The molecule has 3 N–H and O–H groups in total. The second kappa shape index (κ2) is 11.8. The average molecular weight is 601 g/mol. The van der Waals surface area contributed by atoms with Crippen molar-refractivity contribution in [3.8, 4) is 23.0 Å². The van der Waals surface area contributed by atoms with E-state index in [-0.39, 0.29) is 22.8 Å². The summed E-state index contributed by atoms with van der Waals surface area (Å²) in [7, 11) is 0. The third-order valence-corrected chi connectivity index (χ3v) is 9.20. The van der Waals surface area contributed by atoms with Gasteiger partial charge >= 0.3 is 5.97 Å². The number of rotatable bonds is 9. The zero-order chi connectivity index (χ0) is 32.6. The van der Waals surface area contributed by atoms with Gasteiger partial charge in [-0.15, -0.1) is 0 Å². The number of carboxylic acid groups (broad SMARTS) is 1. The molecule has 230 valence electrons. The molecule has 0 saturated carbocycles. The monoisotopic (exact) mass is 600 g/mol. The summed E-state index contributed by atoms with van der Waals surface area (Å²) in [6, 6.07) is 36.7. The van der Waals surface area contributed by atoms with Crippen LogP contribution in [0.3, 0.4) is 0 Å². The summed E-state index contributed by atoms with van der Waals surface area (Å²) in [5.41, 5.74) is 3.22. The highest BCUT2D eigenvalue weighted by molar-refractivity contribution is 5.92. The Morgan fingerprint density at radius 2 is 0.889 bits per heavy atom. The van der Waals surface area contributed by atoms with Crippen molar-refractivity contribution in [3.63, 3.8) is 0 Å². The molecule has 0 fully saturated rings. The van der Waals surface area contributed by atoms with Crippen LogP contribution in [0.4, 0.5) is 0 Å². The SMILES string of the molecule is CC(C)(c1ccccc1)c1cc(Oc2cc(C(C)(C)c3ccccc3)cc(C(C)(C)c3ccccc3)c2O)c(O)c(C(=O)O)c1. The Morgan fingerprint density at radius 1 is 0.511 bits per heavy atom. The maximum atomic E-state index is 12.3. The number of hydrogen-bond donors (Lipinski definition) is 3. The highest BCUT2D eigenvalue weighted by Crippen LogP contribution is 2.48. The molecule has 0 amide bonds. The van der Waals surface area contributed by atoms with E-state index in [0.29, 0.717) is 11.1 Å². The van der Waals surface area contributed by atoms with Gasteiger partial charge in [-0.3, -0.25) is 0 Å². The van der Waals surface area contributed by atoms with E-state index in [1.54, 1.807) is 12.1 Å². The number of phenolic OH excluding ortho intramolecular Hbond substituents is 1. The molecule has 0 atom stereocenters. The average Bonchev–Trinajstić information content (AvgIpc) is 3.03. The van der Waals surface area contributed by atoms with Gasteiger partial charge in [-0.1, -0.05) is 139 Å². The van der Waals surface area contributed by atoms with Crippen molar-refractivity contribution in [3.05, 3.63) is 154 Å². The van der Waals surface area contributed by atoms with Crippen LogP contribution in [0.1, 0.15) is 85.3 Å². The Bertz CT molecular complexity index is 1820. The summed E-state index contributed by atoms with van der Waals surface area (Å²) in [5.74, 6) is -1.80. The second-order valence-electron chi connectivity index (χ2n) is 13.1. The summed E-state index contributed by atoms with van der Waals surface area (Å²) in [4.78, 5) is 12.3. The van der Waals surface area contributed by atoms with Crippen LogP contribution in [0.2, 0.25) is 0 Å². The van der Waals surface area contributed by atoms with Gasteiger partial charge in [0.05, 0.1) is 0 Å². The molecule has 0 aliphatic heterocycles. The number of carboxylic acids is 1. The van der Waals surface area contributed by atoms with Crippen LogP contribution in [0, 0.1) is 0 Å². The molecule has 0 spiro atoms. The van der Waals surface area contributed by atoms with Crippen molar-refractivity contribution >= 4 is 5.97 Å². The number of aromatic hydroxyl groups is 2. The largest absolute Gasteiger partial charge is 0.504 e. The van der Waals surface area contributed by atoms with Gasteiger partial charge < -0.3 is 20.1 Å². The third kappa shape index (κ3) is 5.91. The van der Waals surface area contributed by atoms with E-state index in [1.165, 1.54) is 6.07 Å². The normalized spacial score (nSPS) is 12.1. The molecule has 0 bridgehead atoms. The Morgan fingerprint density at radius 3 is 1.31 bits per heavy atom. The van der Waals surface area contributed by atoms with Crippen LogP contribution in [-0.4, -0.2) is 21.3 Å². The van der Waals surface area contributed by atoms with E-state index in [4.69, 9.17) is 4.74 Å². The first kappa shape index (κ1) is 31.4.